The van der Waals surface area contributed by atoms with E-state index in [-0.39, 0.29) is 0 Å². The average molecular weight is 234 g/mol. The Kier molecular flexibility index (Phi) is 2.41. The van der Waals surface area contributed by atoms with Crippen LogP contribution in [0.25, 0.3) is 11.1 Å². The second kappa shape index (κ2) is 3.75. The molecule has 0 radical (unpaired) electrons. The molecule has 1 aliphatic rings. The van der Waals surface area contributed by atoms with E-state index in [2.05, 4.69) is 58.8 Å². The molecule has 0 atom stereocenters. The highest BCUT2D eigenvalue weighted by Gasteiger charge is 2.30. The molecule has 2 aromatic carbocycles. The van der Waals surface area contributed by atoms with Crippen molar-refractivity contribution < 1.29 is 0 Å². The smallest absolute Gasteiger partial charge is 0.0774 e. The zero-order valence-electron chi connectivity index (χ0n) is 11.9. The lowest BCUT2D eigenvalue weighted by molar-refractivity contribution is 1.32. The fraction of sp³-hybridized carbons (Fsp3) is 0.294. The minimum Gasteiger partial charge on any atom is -0.0774 e. The van der Waals surface area contributed by atoms with Gasteiger partial charge >= 0.3 is 0 Å². The van der Waals surface area contributed by atoms with E-state index in [1.807, 2.05) is 0 Å². The standard InChI is InChI=1S/C17H19B/c1-10-6-8-14-16(12(10)3)17-13(4)11(2)7-9-15(17)18(14)5/h6-9H,1-5H3. The SMILES string of the molecule is CB1c2ccc(C)c(C)c2-c2c1ccc(C)c2C. The van der Waals surface area contributed by atoms with Gasteiger partial charge in [0.25, 0.3) is 0 Å². The highest BCUT2D eigenvalue weighted by atomic mass is 14.2. The second-order valence-corrected chi connectivity index (χ2v) is 5.67. The third-order valence-electron chi connectivity index (χ3n) is 4.72. The molecule has 18 heavy (non-hydrogen) atoms. The minimum absolute atomic E-state index is 0.536. The molecule has 0 fully saturated rings. The summed E-state index contributed by atoms with van der Waals surface area (Å²) in [4.78, 5) is 0. The Labute approximate surface area is 110 Å². The van der Waals surface area contributed by atoms with Gasteiger partial charge in [0.05, 0.1) is 0 Å². The maximum absolute atomic E-state index is 2.33. The maximum atomic E-state index is 2.33. The summed E-state index contributed by atoms with van der Waals surface area (Å²) in [6.07, 6.45) is 0. The Morgan fingerprint density at radius 1 is 0.667 bits per heavy atom. The normalized spacial score (nSPS) is 12.6. The molecule has 90 valence electrons. The van der Waals surface area contributed by atoms with Crippen LogP contribution in [-0.2, 0) is 0 Å². The van der Waals surface area contributed by atoms with Crippen LogP contribution in [0.5, 0.6) is 0 Å². The zero-order valence-corrected chi connectivity index (χ0v) is 11.9. The van der Waals surface area contributed by atoms with E-state index in [0.717, 1.165) is 0 Å². The van der Waals surface area contributed by atoms with Crippen LogP contribution in [0.2, 0.25) is 6.82 Å². The van der Waals surface area contributed by atoms with Crippen molar-refractivity contribution in [1.29, 1.82) is 0 Å². The Morgan fingerprint density at radius 3 is 1.44 bits per heavy atom. The van der Waals surface area contributed by atoms with Crippen LogP contribution in [-0.4, -0.2) is 6.71 Å². The fourth-order valence-corrected chi connectivity index (χ4v) is 3.23. The summed E-state index contributed by atoms with van der Waals surface area (Å²) >= 11 is 0. The third-order valence-corrected chi connectivity index (χ3v) is 4.72. The third kappa shape index (κ3) is 1.34. The van der Waals surface area contributed by atoms with Crippen LogP contribution in [0.4, 0.5) is 0 Å². The lowest BCUT2D eigenvalue weighted by atomic mass is 9.45. The van der Waals surface area contributed by atoms with Gasteiger partial charge in [-0.2, -0.15) is 0 Å². The van der Waals surface area contributed by atoms with Crippen LogP contribution in [0, 0.1) is 27.7 Å². The predicted octanol–water partition coefficient (Wildman–Crippen LogP) is 3.14. The molecule has 0 spiro atoms. The number of benzene rings is 2. The molecule has 0 amide bonds. The fourth-order valence-electron chi connectivity index (χ4n) is 3.23. The van der Waals surface area contributed by atoms with Crippen molar-refractivity contribution in [2.24, 2.45) is 0 Å². The number of rotatable bonds is 0. The van der Waals surface area contributed by atoms with E-state index in [0.29, 0.717) is 6.71 Å². The first-order chi connectivity index (χ1) is 8.52. The van der Waals surface area contributed by atoms with Gasteiger partial charge in [-0.1, -0.05) is 42.0 Å². The topological polar surface area (TPSA) is 0 Å². The summed E-state index contributed by atoms with van der Waals surface area (Å²) < 4.78 is 0. The molecular weight excluding hydrogens is 215 g/mol. The molecule has 1 heterocycles. The van der Waals surface area contributed by atoms with E-state index in [9.17, 15) is 0 Å². The monoisotopic (exact) mass is 234 g/mol. The lowest BCUT2D eigenvalue weighted by Crippen LogP contribution is -2.34. The molecule has 0 aliphatic carbocycles. The first-order valence-corrected chi connectivity index (χ1v) is 6.73. The van der Waals surface area contributed by atoms with Crippen LogP contribution in [0.1, 0.15) is 22.3 Å². The van der Waals surface area contributed by atoms with Crippen LogP contribution in [0.15, 0.2) is 24.3 Å². The largest absolute Gasteiger partial charge is 0.207 e. The predicted molar refractivity (Wildman–Crippen MR) is 81.7 cm³/mol. The van der Waals surface area contributed by atoms with Crippen molar-refractivity contribution in [3.8, 4) is 11.1 Å². The first-order valence-electron chi connectivity index (χ1n) is 6.73. The van der Waals surface area contributed by atoms with E-state index < -0.39 is 0 Å². The number of hydrogen-bond acceptors (Lipinski definition) is 0. The summed E-state index contributed by atoms with van der Waals surface area (Å²) in [5.74, 6) is 0. The highest BCUT2D eigenvalue weighted by Crippen LogP contribution is 2.31. The van der Waals surface area contributed by atoms with Gasteiger partial charge in [0, 0.05) is 0 Å². The molecule has 0 nitrogen and oxygen atoms in total. The molecular formula is C17H19B. The van der Waals surface area contributed by atoms with Crippen LogP contribution in [0.3, 0.4) is 0 Å². The molecule has 0 unspecified atom stereocenters. The van der Waals surface area contributed by atoms with Crippen LogP contribution >= 0.6 is 0 Å². The Hall–Kier alpha value is -1.50. The molecule has 1 heteroatoms. The van der Waals surface area contributed by atoms with Crippen molar-refractivity contribution in [3.63, 3.8) is 0 Å². The number of aryl methyl sites for hydroxylation is 2. The zero-order chi connectivity index (χ0) is 13.0. The molecule has 0 aromatic heterocycles. The lowest BCUT2D eigenvalue weighted by Gasteiger charge is -2.13. The summed E-state index contributed by atoms with van der Waals surface area (Å²) in [5.41, 5.74) is 11.7. The summed E-state index contributed by atoms with van der Waals surface area (Å²) in [7, 11) is 0. The van der Waals surface area contributed by atoms with Crippen LogP contribution < -0.4 is 10.9 Å². The van der Waals surface area contributed by atoms with Crippen molar-refractivity contribution in [2.45, 2.75) is 34.5 Å². The Balaban J connectivity index is 2.44. The molecule has 3 rings (SSSR count). The second-order valence-electron chi connectivity index (χ2n) is 5.67. The molecule has 0 N–H and O–H groups in total. The van der Waals surface area contributed by atoms with Crippen molar-refractivity contribution in [1.82, 2.24) is 0 Å². The van der Waals surface area contributed by atoms with Crippen molar-refractivity contribution >= 4 is 17.6 Å². The van der Waals surface area contributed by atoms with E-state index in [4.69, 9.17) is 0 Å². The van der Waals surface area contributed by atoms with Gasteiger partial charge in [-0.05, 0) is 61.1 Å². The minimum atomic E-state index is 0.536. The molecule has 1 aliphatic heterocycles. The summed E-state index contributed by atoms with van der Waals surface area (Å²) in [6.45, 7) is 11.8. The number of fused-ring (bicyclic) bond motifs is 3. The Morgan fingerprint density at radius 2 is 1.06 bits per heavy atom. The first kappa shape index (κ1) is 11.6. The highest BCUT2D eigenvalue weighted by molar-refractivity contribution is 6.88. The van der Waals surface area contributed by atoms with Gasteiger partial charge in [0.1, 0.15) is 0 Å². The molecule has 0 saturated heterocycles. The van der Waals surface area contributed by atoms with E-state index in [1.165, 1.54) is 44.3 Å². The molecule has 2 aromatic rings. The molecule has 0 saturated carbocycles. The van der Waals surface area contributed by atoms with Gasteiger partial charge < -0.3 is 0 Å². The molecule has 0 bridgehead atoms. The van der Waals surface area contributed by atoms with Crippen molar-refractivity contribution in [2.75, 3.05) is 0 Å². The summed E-state index contributed by atoms with van der Waals surface area (Å²) in [5, 5.41) is 0. The quantitative estimate of drug-likeness (QED) is 0.614. The maximum Gasteiger partial charge on any atom is 0.207 e. The van der Waals surface area contributed by atoms with Gasteiger partial charge in [-0.3, -0.25) is 0 Å². The van der Waals surface area contributed by atoms with Gasteiger partial charge in [0.15, 0.2) is 0 Å². The van der Waals surface area contributed by atoms with Gasteiger partial charge in [0.2, 0.25) is 6.71 Å². The van der Waals surface area contributed by atoms with Gasteiger partial charge in [-0.25, -0.2) is 0 Å². The number of hydrogen-bond donors (Lipinski definition) is 0. The van der Waals surface area contributed by atoms with E-state index >= 15 is 0 Å². The average Bonchev–Trinajstić information content (AvgIpc) is 2.64. The Bertz CT molecular complexity index is 596. The summed E-state index contributed by atoms with van der Waals surface area (Å²) in [6, 6.07) is 9.16. The van der Waals surface area contributed by atoms with Crippen molar-refractivity contribution in [3.05, 3.63) is 46.5 Å². The van der Waals surface area contributed by atoms with E-state index in [1.54, 1.807) is 0 Å². The van der Waals surface area contributed by atoms with Gasteiger partial charge in [-0.15, -0.1) is 0 Å².